The number of carboxylic acids is 1. The Labute approximate surface area is 208 Å². The Kier molecular flexibility index (Phi) is 6.11. The van der Waals surface area contributed by atoms with E-state index in [0.717, 1.165) is 8.87 Å². The van der Waals surface area contributed by atoms with Gasteiger partial charge in [0.05, 0.1) is 36.9 Å². The third kappa shape index (κ3) is 3.92. The Morgan fingerprint density at radius 2 is 1.74 bits per heavy atom. The first-order valence-corrected chi connectivity index (χ1v) is 12.1. The number of carbonyl (C=O) groups is 1. The number of aromatic amines is 1. The highest BCUT2D eigenvalue weighted by atomic mass is 35.5. The van der Waals surface area contributed by atoms with Crippen LogP contribution in [0.4, 0.5) is 5.69 Å². The number of hydrogen-bond acceptors (Lipinski definition) is 5. The minimum Gasteiger partial charge on any atom is -0.477 e. The molecule has 0 saturated heterocycles. The second kappa shape index (κ2) is 8.62. The van der Waals surface area contributed by atoms with E-state index in [4.69, 9.17) is 34.8 Å². The minimum atomic E-state index is -4.20. The number of H-pyrrole nitrogens is 1. The number of benzene rings is 2. The molecule has 0 amide bonds. The lowest BCUT2D eigenvalue weighted by molar-refractivity contribution is 0.0690. The van der Waals surface area contributed by atoms with Crippen molar-refractivity contribution in [3.63, 3.8) is 0 Å². The van der Waals surface area contributed by atoms with Crippen LogP contribution in [-0.2, 0) is 10.0 Å². The Bertz CT molecular complexity index is 1630. The fourth-order valence-electron chi connectivity index (χ4n) is 3.46. The number of imidazole rings is 1. The number of rotatable bonds is 5. The Balaban J connectivity index is 1.94. The average molecular weight is 542 g/mol. The summed E-state index contributed by atoms with van der Waals surface area (Å²) in [6, 6.07) is 9.67. The molecule has 34 heavy (non-hydrogen) atoms. The van der Waals surface area contributed by atoms with Crippen LogP contribution >= 0.6 is 34.8 Å². The molecule has 0 saturated carbocycles. The van der Waals surface area contributed by atoms with Gasteiger partial charge in [-0.2, -0.15) is 0 Å². The first-order chi connectivity index (χ1) is 15.9. The number of sulfonamides is 1. The van der Waals surface area contributed by atoms with Crippen molar-refractivity contribution >= 4 is 67.6 Å². The molecule has 0 unspecified atom stereocenters. The van der Waals surface area contributed by atoms with E-state index in [9.17, 15) is 23.1 Å². The van der Waals surface area contributed by atoms with Crippen LogP contribution in [0.2, 0.25) is 15.1 Å². The molecule has 9 nitrogen and oxygen atoms in total. The molecule has 2 N–H and O–H groups in total. The zero-order valence-electron chi connectivity index (χ0n) is 17.5. The standard InChI is InChI=1S/C21H15Cl3N4O5S/c1-10-8-15(20(29)30)25-19-17(10)26-21(31)28(19)16-9-11(6-7-12(16)22)34(32,33)27(2)18-13(23)4-3-5-14(18)24/h3-9H,1-2H3,(H,26,31)(H,29,30). The van der Waals surface area contributed by atoms with E-state index in [1.165, 1.54) is 43.4 Å². The van der Waals surface area contributed by atoms with E-state index in [2.05, 4.69) is 9.97 Å². The quantitative estimate of drug-likeness (QED) is 0.383. The van der Waals surface area contributed by atoms with Gasteiger partial charge < -0.3 is 10.1 Å². The number of nitrogens with one attached hydrogen (secondary N) is 1. The molecule has 4 rings (SSSR count). The lowest BCUT2D eigenvalue weighted by atomic mass is 10.2. The summed E-state index contributed by atoms with van der Waals surface area (Å²) in [7, 11) is -2.91. The van der Waals surface area contributed by atoms with Crippen LogP contribution < -0.4 is 9.99 Å². The second-order valence-electron chi connectivity index (χ2n) is 7.25. The van der Waals surface area contributed by atoms with Crippen molar-refractivity contribution in [1.29, 1.82) is 0 Å². The highest BCUT2D eigenvalue weighted by Crippen LogP contribution is 2.36. The molecule has 0 aliphatic heterocycles. The number of carboxylic acid groups (broad SMARTS) is 1. The van der Waals surface area contributed by atoms with Crippen LogP contribution in [0.15, 0.2) is 52.2 Å². The maximum Gasteiger partial charge on any atom is 0.354 e. The van der Waals surface area contributed by atoms with E-state index in [0.29, 0.717) is 11.1 Å². The maximum absolute atomic E-state index is 13.4. The number of halogens is 3. The number of hydrogen-bond donors (Lipinski definition) is 2. The van der Waals surface area contributed by atoms with Crippen LogP contribution in [0.3, 0.4) is 0 Å². The monoisotopic (exact) mass is 540 g/mol. The number of aromatic carboxylic acids is 1. The Hall–Kier alpha value is -3.05. The highest BCUT2D eigenvalue weighted by Gasteiger charge is 2.27. The van der Waals surface area contributed by atoms with Crippen LogP contribution in [0.5, 0.6) is 0 Å². The van der Waals surface area contributed by atoms with Gasteiger partial charge in [0.25, 0.3) is 10.0 Å². The lowest BCUT2D eigenvalue weighted by Crippen LogP contribution is -2.27. The van der Waals surface area contributed by atoms with Crippen molar-refractivity contribution in [1.82, 2.24) is 14.5 Å². The van der Waals surface area contributed by atoms with Gasteiger partial charge in [-0.3, -0.25) is 4.31 Å². The van der Waals surface area contributed by atoms with Gasteiger partial charge in [-0.15, -0.1) is 0 Å². The van der Waals surface area contributed by atoms with Crippen molar-refractivity contribution in [2.24, 2.45) is 0 Å². The van der Waals surface area contributed by atoms with Gasteiger partial charge in [-0.05, 0) is 48.9 Å². The second-order valence-corrected chi connectivity index (χ2v) is 10.4. The van der Waals surface area contributed by atoms with Crippen molar-refractivity contribution in [3.05, 3.63) is 79.3 Å². The van der Waals surface area contributed by atoms with Gasteiger partial charge in [0.1, 0.15) is 0 Å². The molecule has 13 heteroatoms. The third-order valence-electron chi connectivity index (χ3n) is 5.13. The molecule has 2 heterocycles. The molecule has 0 spiro atoms. The van der Waals surface area contributed by atoms with Gasteiger partial charge in [0.15, 0.2) is 11.3 Å². The number of nitrogens with zero attached hydrogens (tertiary/aromatic N) is 3. The number of aromatic nitrogens is 3. The van der Waals surface area contributed by atoms with Crippen molar-refractivity contribution in [2.45, 2.75) is 11.8 Å². The van der Waals surface area contributed by atoms with Crippen LogP contribution in [0.25, 0.3) is 16.9 Å². The van der Waals surface area contributed by atoms with Crippen LogP contribution in [-0.4, -0.2) is 41.1 Å². The Morgan fingerprint density at radius 3 is 2.35 bits per heavy atom. The summed E-state index contributed by atoms with van der Waals surface area (Å²) in [5.74, 6) is -1.29. The molecule has 0 bridgehead atoms. The lowest BCUT2D eigenvalue weighted by Gasteiger charge is -2.22. The van der Waals surface area contributed by atoms with Gasteiger partial charge in [-0.1, -0.05) is 40.9 Å². The van der Waals surface area contributed by atoms with Crippen molar-refractivity contribution in [3.8, 4) is 5.69 Å². The zero-order valence-corrected chi connectivity index (χ0v) is 20.6. The third-order valence-corrected chi connectivity index (χ3v) is 7.82. The summed E-state index contributed by atoms with van der Waals surface area (Å²) in [6.07, 6.45) is 0. The molecule has 2 aromatic carbocycles. The van der Waals surface area contributed by atoms with E-state index < -0.39 is 21.7 Å². The summed E-state index contributed by atoms with van der Waals surface area (Å²) in [5.41, 5.74) is -0.146. The molecular weight excluding hydrogens is 527 g/mol. The summed E-state index contributed by atoms with van der Waals surface area (Å²) in [5, 5.41) is 9.66. The summed E-state index contributed by atoms with van der Waals surface area (Å²) < 4.78 is 28.7. The SMILES string of the molecule is Cc1cc(C(=O)O)nc2c1[nH]c(=O)n2-c1cc(S(=O)(=O)N(C)c2c(Cl)cccc2Cl)ccc1Cl. The normalized spacial score (nSPS) is 11.7. The number of pyridine rings is 1. The molecule has 4 aromatic rings. The van der Waals surface area contributed by atoms with Gasteiger partial charge in [0, 0.05) is 7.05 Å². The zero-order chi connectivity index (χ0) is 24.9. The van der Waals surface area contributed by atoms with E-state index >= 15 is 0 Å². The summed E-state index contributed by atoms with van der Waals surface area (Å²) in [6.45, 7) is 1.61. The van der Waals surface area contributed by atoms with E-state index in [-0.39, 0.29) is 42.7 Å². The average Bonchev–Trinajstić information content (AvgIpc) is 3.10. The molecule has 2 aromatic heterocycles. The summed E-state index contributed by atoms with van der Waals surface area (Å²) in [4.78, 5) is 30.7. The molecule has 0 aliphatic carbocycles. The van der Waals surface area contributed by atoms with Crippen LogP contribution in [0, 0.1) is 6.92 Å². The number of aryl methyl sites for hydroxylation is 1. The number of anilines is 1. The molecule has 0 atom stereocenters. The largest absolute Gasteiger partial charge is 0.477 e. The van der Waals surface area contributed by atoms with Crippen molar-refractivity contribution < 1.29 is 18.3 Å². The molecule has 176 valence electrons. The predicted octanol–water partition coefficient (Wildman–Crippen LogP) is 4.51. The molecule has 0 aliphatic rings. The van der Waals surface area contributed by atoms with Gasteiger partial charge >= 0.3 is 11.7 Å². The number of fused-ring (bicyclic) bond motifs is 1. The first kappa shape index (κ1) is 24.1. The predicted molar refractivity (Wildman–Crippen MR) is 130 cm³/mol. The van der Waals surface area contributed by atoms with E-state index in [1.807, 2.05) is 0 Å². The van der Waals surface area contributed by atoms with Gasteiger partial charge in [0.2, 0.25) is 0 Å². The van der Waals surface area contributed by atoms with Gasteiger partial charge in [-0.25, -0.2) is 27.6 Å². The Morgan fingerprint density at radius 1 is 1.09 bits per heavy atom. The van der Waals surface area contributed by atoms with Crippen molar-refractivity contribution in [2.75, 3.05) is 11.4 Å². The smallest absolute Gasteiger partial charge is 0.354 e. The topological polar surface area (TPSA) is 125 Å². The first-order valence-electron chi connectivity index (χ1n) is 9.52. The van der Waals surface area contributed by atoms with E-state index in [1.54, 1.807) is 13.0 Å². The minimum absolute atomic E-state index is 0.00733. The summed E-state index contributed by atoms with van der Waals surface area (Å²) >= 11 is 18.7. The fourth-order valence-corrected chi connectivity index (χ4v) is 5.66. The molecule has 0 radical (unpaired) electrons. The highest BCUT2D eigenvalue weighted by molar-refractivity contribution is 7.92. The molecular formula is C21H15Cl3N4O5S. The number of para-hydroxylation sites is 1. The van der Waals surface area contributed by atoms with Crippen LogP contribution in [0.1, 0.15) is 16.1 Å². The maximum atomic E-state index is 13.4. The molecule has 0 fully saturated rings. The fraction of sp³-hybridized carbons (Fsp3) is 0.0952.